The van der Waals surface area contributed by atoms with Gasteiger partial charge < -0.3 is 10.5 Å². The molecule has 0 bridgehead atoms. The maximum atomic E-state index is 6.08. The van der Waals surface area contributed by atoms with E-state index in [0.29, 0.717) is 11.5 Å². The minimum atomic E-state index is 0.328. The highest BCUT2D eigenvalue weighted by atomic mass is 16.5. The predicted octanol–water partition coefficient (Wildman–Crippen LogP) is 2.36. The summed E-state index contributed by atoms with van der Waals surface area (Å²) in [5.74, 6) is 1.09. The van der Waals surface area contributed by atoms with Gasteiger partial charge in [0, 0.05) is 13.0 Å². The van der Waals surface area contributed by atoms with Crippen LogP contribution in [-0.2, 0) is 6.42 Å². The van der Waals surface area contributed by atoms with Gasteiger partial charge in [-0.2, -0.15) is 0 Å². The quantitative estimate of drug-likeness (QED) is 0.919. The zero-order valence-electron chi connectivity index (χ0n) is 12.7. The van der Waals surface area contributed by atoms with Gasteiger partial charge in [0.15, 0.2) is 0 Å². The van der Waals surface area contributed by atoms with Gasteiger partial charge in [0.1, 0.15) is 11.9 Å². The van der Waals surface area contributed by atoms with Crippen molar-refractivity contribution in [3.05, 3.63) is 29.3 Å². The predicted molar refractivity (Wildman–Crippen MR) is 82.1 cm³/mol. The van der Waals surface area contributed by atoms with Crippen molar-refractivity contribution in [2.75, 3.05) is 26.2 Å². The number of likely N-dealkylation sites (tertiary alicyclic amines) is 1. The first-order valence-electron chi connectivity index (χ1n) is 7.77. The monoisotopic (exact) mass is 274 g/mol. The van der Waals surface area contributed by atoms with Crippen molar-refractivity contribution in [3.63, 3.8) is 0 Å². The van der Waals surface area contributed by atoms with Crippen molar-refractivity contribution in [1.29, 1.82) is 0 Å². The van der Waals surface area contributed by atoms with E-state index in [4.69, 9.17) is 10.5 Å². The van der Waals surface area contributed by atoms with E-state index in [2.05, 4.69) is 36.9 Å². The minimum Gasteiger partial charge on any atom is -0.488 e. The molecule has 1 atom stereocenters. The Morgan fingerprint density at radius 2 is 2.10 bits per heavy atom. The molecule has 1 unspecified atom stereocenters. The molecular weight excluding hydrogens is 248 g/mol. The summed E-state index contributed by atoms with van der Waals surface area (Å²) in [6, 6.07) is 6.51. The molecule has 3 rings (SSSR count). The summed E-state index contributed by atoms with van der Waals surface area (Å²) in [6.45, 7) is 8.63. The Bertz CT molecular complexity index is 478. The largest absolute Gasteiger partial charge is 0.488 e. The number of hydrogen-bond acceptors (Lipinski definition) is 3. The highest BCUT2D eigenvalue weighted by Gasteiger charge is 2.31. The summed E-state index contributed by atoms with van der Waals surface area (Å²) in [7, 11) is 0. The van der Waals surface area contributed by atoms with Crippen LogP contribution in [0.3, 0.4) is 0 Å². The molecule has 0 radical (unpaired) electrons. The standard InChI is InChI=1S/C17H26N2O/c1-13-3-4-16-14(9-13)10-15(20-16)11-19-7-5-17(2,12-18)6-8-19/h3-4,9,15H,5-8,10-12,18H2,1-2H3. The fraction of sp³-hybridized carbons (Fsp3) is 0.647. The summed E-state index contributed by atoms with van der Waals surface area (Å²) >= 11 is 0. The van der Waals surface area contributed by atoms with E-state index in [1.165, 1.54) is 24.0 Å². The van der Waals surface area contributed by atoms with E-state index in [9.17, 15) is 0 Å². The van der Waals surface area contributed by atoms with Crippen molar-refractivity contribution in [3.8, 4) is 5.75 Å². The molecular formula is C17H26N2O. The van der Waals surface area contributed by atoms with Gasteiger partial charge in [0.05, 0.1) is 0 Å². The number of hydrogen-bond donors (Lipinski definition) is 1. The molecule has 1 aromatic carbocycles. The first kappa shape index (κ1) is 13.9. The van der Waals surface area contributed by atoms with Gasteiger partial charge >= 0.3 is 0 Å². The van der Waals surface area contributed by atoms with Crippen molar-refractivity contribution < 1.29 is 4.74 Å². The van der Waals surface area contributed by atoms with Crippen LogP contribution in [0.2, 0.25) is 0 Å². The third kappa shape index (κ3) is 2.84. The summed E-state index contributed by atoms with van der Waals surface area (Å²) in [5, 5.41) is 0. The van der Waals surface area contributed by atoms with Crippen LogP contribution in [0.1, 0.15) is 30.9 Å². The molecule has 0 saturated carbocycles. The van der Waals surface area contributed by atoms with Gasteiger partial charge in [0.2, 0.25) is 0 Å². The topological polar surface area (TPSA) is 38.5 Å². The molecule has 2 heterocycles. The molecule has 2 N–H and O–H groups in total. The van der Waals surface area contributed by atoms with Crippen LogP contribution in [0.4, 0.5) is 0 Å². The molecule has 3 heteroatoms. The van der Waals surface area contributed by atoms with E-state index >= 15 is 0 Å². The lowest BCUT2D eigenvalue weighted by Crippen LogP contribution is -2.45. The zero-order valence-corrected chi connectivity index (χ0v) is 12.7. The number of nitrogens with zero attached hydrogens (tertiary/aromatic N) is 1. The summed E-state index contributed by atoms with van der Waals surface area (Å²) in [6.07, 6.45) is 3.81. The lowest BCUT2D eigenvalue weighted by Gasteiger charge is -2.39. The van der Waals surface area contributed by atoms with Crippen molar-refractivity contribution >= 4 is 0 Å². The fourth-order valence-corrected chi connectivity index (χ4v) is 3.32. The second-order valence-corrected chi connectivity index (χ2v) is 6.87. The first-order chi connectivity index (χ1) is 9.58. The van der Waals surface area contributed by atoms with E-state index < -0.39 is 0 Å². The SMILES string of the molecule is Cc1ccc2c(c1)CC(CN1CCC(C)(CN)CC1)O2. The van der Waals surface area contributed by atoms with Crippen LogP contribution in [0, 0.1) is 12.3 Å². The van der Waals surface area contributed by atoms with E-state index in [0.717, 1.165) is 38.3 Å². The molecule has 0 aromatic heterocycles. The molecule has 0 spiro atoms. The van der Waals surface area contributed by atoms with Crippen molar-refractivity contribution in [2.24, 2.45) is 11.1 Å². The summed E-state index contributed by atoms with van der Waals surface area (Å²) < 4.78 is 6.08. The Hall–Kier alpha value is -1.06. The fourth-order valence-electron chi connectivity index (χ4n) is 3.32. The van der Waals surface area contributed by atoms with Gasteiger partial charge in [-0.3, -0.25) is 4.90 Å². The number of piperidine rings is 1. The average Bonchev–Trinajstić information content (AvgIpc) is 2.83. The Kier molecular flexibility index (Phi) is 3.74. The summed E-state index contributed by atoms with van der Waals surface area (Å²) in [4.78, 5) is 2.54. The molecule has 1 fully saturated rings. The number of nitrogens with two attached hydrogens (primary N) is 1. The number of rotatable bonds is 3. The minimum absolute atomic E-state index is 0.328. The maximum absolute atomic E-state index is 6.08. The molecule has 1 aromatic rings. The second kappa shape index (κ2) is 5.38. The van der Waals surface area contributed by atoms with Crippen LogP contribution >= 0.6 is 0 Å². The zero-order chi connectivity index (χ0) is 14.2. The van der Waals surface area contributed by atoms with E-state index in [1.54, 1.807) is 0 Å². The van der Waals surface area contributed by atoms with E-state index in [-0.39, 0.29) is 0 Å². The Morgan fingerprint density at radius 1 is 1.35 bits per heavy atom. The highest BCUT2D eigenvalue weighted by molar-refractivity contribution is 5.40. The smallest absolute Gasteiger partial charge is 0.123 e. The Morgan fingerprint density at radius 3 is 2.80 bits per heavy atom. The normalized spacial score (nSPS) is 25.2. The number of benzene rings is 1. The molecule has 20 heavy (non-hydrogen) atoms. The second-order valence-electron chi connectivity index (χ2n) is 6.87. The van der Waals surface area contributed by atoms with Crippen LogP contribution in [-0.4, -0.2) is 37.2 Å². The maximum Gasteiger partial charge on any atom is 0.123 e. The average molecular weight is 274 g/mol. The summed E-state index contributed by atoms with van der Waals surface area (Å²) in [5.41, 5.74) is 8.93. The Balaban J connectivity index is 1.54. The molecule has 1 saturated heterocycles. The number of aryl methyl sites for hydroxylation is 1. The number of fused-ring (bicyclic) bond motifs is 1. The van der Waals surface area contributed by atoms with Crippen LogP contribution in [0.15, 0.2) is 18.2 Å². The van der Waals surface area contributed by atoms with Gasteiger partial charge in [0.25, 0.3) is 0 Å². The van der Waals surface area contributed by atoms with Crippen LogP contribution in [0.5, 0.6) is 5.75 Å². The lowest BCUT2D eigenvalue weighted by atomic mass is 9.80. The molecule has 0 amide bonds. The first-order valence-corrected chi connectivity index (χ1v) is 7.77. The van der Waals surface area contributed by atoms with Crippen LogP contribution in [0.25, 0.3) is 0 Å². The molecule has 0 aliphatic carbocycles. The van der Waals surface area contributed by atoms with Crippen molar-refractivity contribution in [2.45, 2.75) is 39.2 Å². The molecule has 110 valence electrons. The lowest BCUT2D eigenvalue weighted by molar-refractivity contribution is 0.0858. The third-order valence-electron chi connectivity index (χ3n) is 4.98. The Labute approximate surface area is 122 Å². The van der Waals surface area contributed by atoms with Gasteiger partial charge in [-0.15, -0.1) is 0 Å². The molecule has 2 aliphatic heterocycles. The van der Waals surface area contributed by atoms with Crippen molar-refractivity contribution in [1.82, 2.24) is 4.90 Å². The molecule has 2 aliphatic rings. The van der Waals surface area contributed by atoms with Gasteiger partial charge in [-0.05, 0) is 56.4 Å². The molecule has 3 nitrogen and oxygen atoms in total. The highest BCUT2D eigenvalue weighted by Crippen LogP contribution is 2.32. The van der Waals surface area contributed by atoms with Crippen LogP contribution < -0.4 is 10.5 Å². The van der Waals surface area contributed by atoms with E-state index in [1.807, 2.05) is 0 Å². The van der Waals surface area contributed by atoms with Gasteiger partial charge in [-0.25, -0.2) is 0 Å². The third-order valence-corrected chi connectivity index (χ3v) is 4.98. The number of ether oxygens (including phenoxy) is 1. The van der Waals surface area contributed by atoms with Gasteiger partial charge in [-0.1, -0.05) is 24.6 Å².